The topological polar surface area (TPSA) is 55.1 Å². The fourth-order valence-corrected chi connectivity index (χ4v) is 1.78. The molecule has 0 bridgehead atoms. The highest BCUT2D eigenvalue weighted by Crippen LogP contribution is 2.51. The van der Waals surface area contributed by atoms with E-state index in [2.05, 4.69) is 19.2 Å². The average Bonchev–Trinajstić information content (AvgIpc) is 2.93. The van der Waals surface area contributed by atoms with Crippen LogP contribution in [0.5, 0.6) is 0 Å². The molecule has 96 valence electrons. The van der Waals surface area contributed by atoms with E-state index in [0.717, 1.165) is 6.54 Å². The van der Waals surface area contributed by atoms with Crippen molar-refractivity contribution in [1.82, 2.24) is 5.32 Å². The number of halogens is 1. The summed E-state index contributed by atoms with van der Waals surface area (Å²) in [5.41, 5.74) is 6.07. The van der Waals surface area contributed by atoms with Crippen LogP contribution in [0.4, 0.5) is 0 Å². The molecule has 1 rings (SSSR count). The van der Waals surface area contributed by atoms with Gasteiger partial charge in [0, 0.05) is 18.5 Å². The van der Waals surface area contributed by atoms with E-state index >= 15 is 0 Å². The molecule has 1 fully saturated rings. The molecule has 0 saturated heterocycles. The third-order valence-electron chi connectivity index (χ3n) is 3.93. The van der Waals surface area contributed by atoms with Crippen LogP contribution in [0, 0.1) is 17.3 Å². The molecule has 3 nitrogen and oxygen atoms in total. The quantitative estimate of drug-likeness (QED) is 0.781. The lowest BCUT2D eigenvalue weighted by molar-refractivity contribution is -0.125. The molecule has 0 heterocycles. The number of amides is 1. The van der Waals surface area contributed by atoms with Gasteiger partial charge in [0.2, 0.25) is 5.91 Å². The summed E-state index contributed by atoms with van der Waals surface area (Å²) in [6.07, 6.45) is 2.50. The first-order valence-corrected chi connectivity index (χ1v) is 5.92. The summed E-state index contributed by atoms with van der Waals surface area (Å²) >= 11 is 0. The minimum Gasteiger partial charge on any atom is -0.355 e. The smallest absolute Gasteiger partial charge is 0.224 e. The molecule has 0 aromatic rings. The molecule has 1 amide bonds. The van der Waals surface area contributed by atoms with E-state index in [4.69, 9.17) is 5.73 Å². The van der Waals surface area contributed by atoms with Crippen molar-refractivity contribution in [2.75, 3.05) is 6.54 Å². The second kappa shape index (κ2) is 5.87. The molecule has 0 spiro atoms. The van der Waals surface area contributed by atoms with Crippen molar-refractivity contribution < 1.29 is 4.79 Å². The maximum Gasteiger partial charge on any atom is 0.224 e. The minimum absolute atomic E-state index is 0. The molecule has 0 aliphatic heterocycles. The van der Waals surface area contributed by atoms with E-state index in [0.29, 0.717) is 11.3 Å². The number of hydrogen-bond acceptors (Lipinski definition) is 2. The van der Waals surface area contributed by atoms with E-state index in [1.165, 1.54) is 12.8 Å². The average molecular weight is 249 g/mol. The molecular formula is C12H25ClN2O. The Bertz CT molecular complexity index is 237. The van der Waals surface area contributed by atoms with Gasteiger partial charge in [-0.15, -0.1) is 12.4 Å². The van der Waals surface area contributed by atoms with E-state index < -0.39 is 0 Å². The van der Waals surface area contributed by atoms with Gasteiger partial charge in [0.1, 0.15) is 0 Å². The Morgan fingerprint density at radius 3 is 2.12 bits per heavy atom. The van der Waals surface area contributed by atoms with Crippen LogP contribution in [0.3, 0.4) is 0 Å². The fourth-order valence-electron chi connectivity index (χ4n) is 1.78. The van der Waals surface area contributed by atoms with E-state index in [1.54, 1.807) is 0 Å². The molecular weight excluding hydrogens is 224 g/mol. The molecule has 2 atom stereocenters. The summed E-state index contributed by atoms with van der Waals surface area (Å²) in [6.45, 7) is 9.04. The maximum atomic E-state index is 11.7. The van der Waals surface area contributed by atoms with E-state index in [-0.39, 0.29) is 30.3 Å². The molecule has 0 aromatic heterocycles. The Kier molecular flexibility index (Phi) is 5.77. The molecule has 1 aliphatic rings. The number of nitrogens with one attached hydrogen (secondary N) is 1. The summed E-state index contributed by atoms with van der Waals surface area (Å²) in [5.74, 6) is 0.660. The monoisotopic (exact) mass is 248 g/mol. The zero-order chi connectivity index (χ0) is 11.6. The highest BCUT2D eigenvalue weighted by atomic mass is 35.5. The molecule has 1 aliphatic carbocycles. The van der Waals surface area contributed by atoms with Crippen LogP contribution < -0.4 is 11.1 Å². The van der Waals surface area contributed by atoms with Gasteiger partial charge in [-0.3, -0.25) is 4.79 Å². The van der Waals surface area contributed by atoms with Crippen molar-refractivity contribution >= 4 is 18.3 Å². The third-order valence-corrected chi connectivity index (χ3v) is 3.93. The number of carbonyl (C=O) groups is 1. The summed E-state index contributed by atoms with van der Waals surface area (Å²) in [7, 11) is 0. The van der Waals surface area contributed by atoms with Crippen molar-refractivity contribution in [3.63, 3.8) is 0 Å². The molecule has 3 N–H and O–H groups in total. The van der Waals surface area contributed by atoms with Crippen molar-refractivity contribution in [1.29, 1.82) is 0 Å². The number of nitrogens with two attached hydrogens (primary N) is 1. The lowest BCUT2D eigenvalue weighted by atomic mass is 9.92. The number of rotatable bonds is 5. The van der Waals surface area contributed by atoms with Gasteiger partial charge < -0.3 is 11.1 Å². The molecule has 4 heteroatoms. The zero-order valence-corrected chi connectivity index (χ0v) is 11.6. The fraction of sp³-hybridized carbons (Fsp3) is 0.917. The SMILES string of the molecule is CC(N)C(C)C(=O)NCC1(C(C)C)CC1.Cl. The number of carbonyl (C=O) groups excluding carboxylic acids is 1. The Labute approximate surface area is 105 Å². The minimum atomic E-state index is -0.0898. The Balaban J connectivity index is 0.00000225. The molecule has 0 aromatic carbocycles. The Hall–Kier alpha value is -0.280. The predicted molar refractivity (Wildman–Crippen MR) is 69.6 cm³/mol. The molecule has 2 unspecified atom stereocenters. The van der Waals surface area contributed by atoms with Crippen LogP contribution in [-0.4, -0.2) is 18.5 Å². The molecule has 0 radical (unpaired) electrons. The predicted octanol–water partition coefficient (Wildman–Crippen LogP) is 1.94. The van der Waals surface area contributed by atoms with Gasteiger partial charge in [-0.2, -0.15) is 0 Å². The lowest BCUT2D eigenvalue weighted by Crippen LogP contribution is -2.41. The summed E-state index contributed by atoms with van der Waals surface area (Å²) in [4.78, 5) is 11.7. The first-order valence-electron chi connectivity index (χ1n) is 5.92. The van der Waals surface area contributed by atoms with Gasteiger partial charge in [-0.1, -0.05) is 20.8 Å². The summed E-state index contributed by atoms with van der Waals surface area (Å²) in [5, 5.41) is 3.03. The highest BCUT2D eigenvalue weighted by Gasteiger charge is 2.45. The zero-order valence-electron chi connectivity index (χ0n) is 10.7. The van der Waals surface area contributed by atoms with Gasteiger partial charge in [0.15, 0.2) is 0 Å². The second-order valence-electron chi connectivity index (χ2n) is 5.38. The van der Waals surface area contributed by atoms with E-state index in [1.807, 2.05) is 13.8 Å². The molecule has 16 heavy (non-hydrogen) atoms. The first kappa shape index (κ1) is 15.7. The van der Waals surface area contributed by atoms with Gasteiger partial charge in [-0.05, 0) is 31.1 Å². The van der Waals surface area contributed by atoms with E-state index in [9.17, 15) is 4.79 Å². The highest BCUT2D eigenvalue weighted by molar-refractivity contribution is 5.85. The van der Waals surface area contributed by atoms with Crippen molar-refractivity contribution in [3.8, 4) is 0 Å². The van der Waals surface area contributed by atoms with Crippen LogP contribution in [0.1, 0.15) is 40.5 Å². The second-order valence-corrected chi connectivity index (χ2v) is 5.38. The summed E-state index contributed by atoms with van der Waals surface area (Å²) < 4.78 is 0. The van der Waals surface area contributed by atoms with Crippen molar-refractivity contribution in [2.24, 2.45) is 23.0 Å². The van der Waals surface area contributed by atoms with Crippen LogP contribution in [0.15, 0.2) is 0 Å². The normalized spacial score (nSPS) is 20.9. The molecule has 1 saturated carbocycles. The largest absolute Gasteiger partial charge is 0.355 e. The first-order chi connectivity index (χ1) is 6.89. The van der Waals surface area contributed by atoms with Crippen LogP contribution >= 0.6 is 12.4 Å². The Morgan fingerprint density at radius 1 is 1.31 bits per heavy atom. The Morgan fingerprint density at radius 2 is 1.81 bits per heavy atom. The van der Waals surface area contributed by atoms with Crippen LogP contribution in [0.2, 0.25) is 0 Å². The van der Waals surface area contributed by atoms with Crippen LogP contribution in [-0.2, 0) is 4.79 Å². The van der Waals surface area contributed by atoms with Gasteiger partial charge >= 0.3 is 0 Å². The standard InChI is InChI=1S/C12H24N2O.ClH/c1-8(2)12(5-6-12)7-14-11(15)9(3)10(4)13;/h8-10H,5-7,13H2,1-4H3,(H,14,15);1H. The van der Waals surface area contributed by atoms with Crippen molar-refractivity contribution in [2.45, 2.75) is 46.6 Å². The van der Waals surface area contributed by atoms with Crippen LogP contribution in [0.25, 0.3) is 0 Å². The third kappa shape index (κ3) is 3.63. The van der Waals surface area contributed by atoms with Gasteiger partial charge in [-0.25, -0.2) is 0 Å². The summed E-state index contributed by atoms with van der Waals surface area (Å²) in [6, 6.07) is -0.0702. The van der Waals surface area contributed by atoms with Crippen molar-refractivity contribution in [3.05, 3.63) is 0 Å². The lowest BCUT2D eigenvalue weighted by Gasteiger charge is -2.22. The van der Waals surface area contributed by atoms with Gasteiger partial charge in [0.25, 0.3) is 0 Å². The number of hydrogen-bond donors (Lipinski definition) is 2. The maximum absolute atomic E-state index is 11.7. The van der Waals surface area contributed by atoms with Gasteiger partial charge in [0.05, 0.1) is 0 Å².